The Labute approximate surface area is 129 Å². The van der Waals surface area contributed by atoms with Crippen LogP contribution in [-0.2, 0) is 19.3 Å². The summed E-state index contributed by atoms with van der Waals surface area (Å²) >= 11 is 6.10. The van der Waals surface area contributed by atoms with Gasteiger partial charge >= 0.3 is 0 Å². The fraction of sp³-hybridized carbons (Fsp3) is 0.333. The lowest BCUT2D eigenvalue weighted by Crippen LogP contribution is -2.36. The van der Waals surface area contributed by atoms with Crippen LogP contribution in [0.1, 0.15) is 23.1 Å². The zero-order chi connectivity index (χ0) is 14.8. The van der Waals surface area contributed by atoms with E-state index in [1.165, 1.54) is 23.3 Å². The van der Waals surface area contributed by atoms with E-state index in [1.54, 1.807) is 6.07 Å². The summed E-state index contributed by atoms with van der Waals surface area (Å²) in [5, 5.41) is 0.474. The van der Waals surface area contributed by atoms with Gasteiger partial charge in [-0.25, -0.2) is 4.39 Å². The molecular weight excluding hydrogens is 285 g/mol. The Bertz CT molecular complexity index is 641. The first-order chi connectivity index (χ1) is 10.1. The van der Waals surface area contributed by atoms with E-state index in [9.17, 15) is 4.39 Å². The van der Waals surface area contributed by atoms with Gasteiger partial charge in [-0.1, -0.05) is 41.9 Å². The summed E-state index contributed by atoms with van der Waals surface area (Å²) in [5.74, 6) is 0.157. The van der Waals surface area contributed by atoms with Crippen LogP contribution in [0.15, 0.2) is 42.5 Å². The largest absolute Gasteiger partial charge is 0.327 e. The maximum atomic E-state index is 13.1. The summed E-state index contributed by atoms with van der Waals surface area (Å²) in [6, 6.07) is 13.2. The molecule has 2 atom stereocenters. The van der Waals surface area contributed by atoms with Crippen LogP contribution in [-0.4, -0.2) is 6.04 Å². The molecule has 2 aromatic carbocycles. The van der Waals surface area contributed by atoms with Crippen molar-refractivity contribution in [3.63, 3.8) is 0 Å². The molecule has 0 amide bonds. The molecule has 0 saturated carbocycles. The van der Waals surface area contributed by atoms with Gasteiger partial charge in [-0.15, -0.1) is 0 Å². The van der Waals surface area contributed by atoms with E-state index in [0.29, 0.717) is 17.4 Å². The van der Waals surface area contributed by atoms with Gasteiger partial charge in [0.1, 0.15) is 5.82 Å². The molecule has 0 saturated heterocycles. The van der Waals surface area contributed by atoms with Crippen molar-refractivity contribution >= 4 is 11.6 Å². The van der Waals surface area contributed by atoms with Crippen LogP contribution < -0.4 is 5.73 Å². The Morgan fingerprint density at radius 3 is 2.71 bits per heavy atom. The van der Waals surface area contributed by atoms with E-state index in [-0.39, 0.29) is 11.9 Å². The van der Waals surface area contributed by atoms with E-state index in [4.69, 9.17) is 17.3 Å². The lowest BCUT2D eigenvalue weighted by Gasteiger charge is -2.29. The molecule has 0 bridgehead atoms. The predicted molar refractivity (Wildman–Crippen MR) is 85.0 cm³/mol. The van der Waals surface area contributed by atoms with Crippen LogP contribution in [0, 0.1) is 11.7 Å². The highest BCUT2D eigenvalue weighted by atomic mass is 35.5. The lowest BCUT2D eigenvalue weighted by molar-refractivity contribution is 0.372. The van der Waals surface area contributed by atoms with Gasteiger partial charge in [0, 0.05) is 11.1 Å². The van der Waals surface area contributed by atoms with Crippen LogP contribution in [0.5, 0.6) is 0 Å². The van der Waals surface area contributed by atoms with Gasteiger partial charge in [-0.3, -0.25) is 0 Å². The van der Waals surface area contributed by atoms with Gasteiger partial charge in [-0.2, -0.15) is 0 Å². The van der Waals surface area contributed by atoms with Crippen molar-refractivity contribution in [3.05, 3.63) is 70.0 Å². The zero-order valence-electron chi connectivity index (χ0n) is 11.9. The number of fused-ring (bicyclic) bond motifs is 1. The highest BCUT2D eigenvalue weighted by Gasteiger charge is 2.24. The van der Waals surface area contributed by atoms with Gasteiger partial charge in [0.05, 0.1) is 0 Å². The minimum atomic E-state index is -0.302. The number of rotatable bonds is 3. The van der Waals surface area contributed by atoms with Crippen molar-refractivity contribution < 1.29 is 4.39 Å². The monoisotopic (exact) mass is 303 g/mol. The van der Waals surface area contributed by atoms with E-state index >= 15 is 0 Å². The molecule has 1 aliphatic rings. The molecule has 0 fully saturated rings. The average molecular weight is 304 g/mol. The van der Waals surface area contributed by atoms with Gasteiger partial charge in [0.25, 0.3) is 0 Å². The number of aryl methyl sites for hydroxylation is 1. The van der Waals surface area contributed by atoms with Gasteiger partial charge in [0.15, 0.2) is 0 Å². The molecule has 21 heavy (non-hydrogen) atoms. The number of hydrogen-bond donors (Lipinski definition) is 1. The summed E-state index contributed by atoms with van der Waals surface area (Å²) in [6.45, 7) is 0. The molecular formula is C18H19ClFN. The molecule has 110 valence electrons. The third-order valence-electron chi connectivity index (χ3n) is 4.46. The number of halogens is 2. The van der Waals surface area contributed by atoms with Crippen molar-refractivity contribution in [1.29, 1.82) is 0 Å². The van der Waals surface area contributed by atoms with Crippen molar-refractivity contribution in [2.45, 2.75) is 31.7 Å². The first-order valence-corrected chi connectivity index (χ1v) is 7.77. The molecule has 1 nitrogen and oxygen atoms in total. The number of hydrogen-bond acceptors (Lipinski definition) is 1. The van der Waals surface area contributed by atoms with Crippen molar-refractivity contribution in [1.82, 2.24) is 0 Å². The van der Waals surface area contributed by atoms with Gasteiger partial charge < -0.3 is 5.73 Å². The zero-order valence-corrected chi connectivity index (χ0v) is 12.6. The van der Waals surface area contributed by atoms with Gasteiger partial charge in [0.2, 0.25) is 0 Å². The van der Waals surface area contributed by atoms with E-state index in [1.807, 2.05) is 0 Å². The number of nitrogens with two attached hydrogens (primary N) is 1. The summed E-state index contributed by atoms with van der Waals surface area (Å²) in [7, 11) is 0. The normalized spacial score (nSPS) is 19.1. The summed E-state index contributed by atoms with van der Waals surface area (Å²) in [5.41, 5.74) is 10.2. The van der Waals surface area contributed by atoms with Crippen LogP contribution in [0.25, 0.3) is 0 Å². The van der Waals surface area contributed by atoms with E-state index < -0.39 is 0 Å². The van der Waals surface area contributed by atoms with Crippen molar-refractivity contribution in [2.24, 2.45) is 11.7 Å². The second kappa shape index (κ2) is 6.17. The van der Waals surface area contributed by atoms with E-state index in [0.717, 1.165) is 24.8 Å². The minimum absolute atomic E-state index is 0.0568. The lowest BCUT2D eigenvalue weighted by atomic mass is 9.79. The van der Waals surface area contributed by atoms with Crippen LogP contribution in [0.2, 0.25) is 5.02 Å². The van der Waals surface area contributed by atoms with Crippen molar-refractivity contribution in [3.8, 4) is 0 Å². The quantitative estimate of drug-likeness (QED) is 0.905. The van der Waals surface area contributed by atoms with Crippen LogP contribution in [0.4, 0.5) is 4.39 Å². The molecule has 2 unspecified atom stereocenters. The smallest absolute Gasteiger partial charge is 0.124 e. The number of benzene rings is 2. The fourth-order valence-corrected chi connectivity index (χ4v) is 3.44. The highest BCUT2D eigenvalue weighted by molar-refractivity contribution is 6.31. The molecule has 0 aliphatic heterocycles. The molecule has 0 heterocycles. The second-order valence-electron chi connectivity index (χ2n) is 5.88. The molecule has 1 aliphatic carbocycles. The maximum absolute atomic E-state index is 13.1. The average Bonchev–Trinajstić information content (AvgIpc) is 2.49. The van der Waals surface area contributed by atoms with Crippen molar-refractivity contribution in [2.75, 3.05) is 0 Å². The Kier molecular flexibility index (Phi) is 4.27. The second-order valence-corrected chi connectivity index (χ2v) is 6.28. The molecule has 0 aromatic heterocycles. The Morgan fingerprint density at radius 2 is 1.95 bits per heavy atom. The predicted octanol–water partition coefficient (Wildman–Crippen LogP) is 4.15. The van der Waals surface area contributed by atoms with Crippen LogP contribution in [0.3, 0.4) is 0 Å². The first kappa shape index (κ1) is 14.6. The standard InChI is InChI=1S/C18H19ClFN/c19-17-11-16(20)8-7-14(17)10-18(21)15-6-5-12-3-1-2-4-13(12)9-15/h1-4,7-8,11,15,18H,5-6,9-10,21H2. The Hall–Kier alpha value is -1.38. The minimum Gasteiger partial charge on any atom is -0.327 e. The fourth-order valence-electron chi connectivity index (χ4n) is 3.20. The molecule has 3 rings (SSSR count). The third kappa shape index (κ3) is 3.28. The molecule has 3 heteroatoms. The molecule has 2 N–H and O–H groups in total. The highest BCUT2D eigenvalue weighted by Crippen LogP contribution is 2.29. The topological polar surface area (TPSA) is 26.0 Å². The molecule has 0 spiro atoms. The SMILES string of the molecule is NC(Cc1ccc(F)cc1Cl)C1CCc2ccccc2C1. The summed E-state index contributed by atoms with van der Waals surface area (Å²) in [4.78, 5) is 0. The first-order valence-electron chi connectivity index (χ1n) is 7.40. The third-order valence-corrected chi connectivity index (χ3v) is 4.81. The summed E-state index contributed by atoms with van der Waals surface area (Å²) in [6.07, 6.45) is 3.92. The molecule has 0 radical (unpaired) electrons. The maximum Gasteiger partial charge on any atom is 0.124 e. The summed E-state index contributed by atoms with van der Waals surface area (Å²) < 4.78 is 13.1. The Balaban J connectivity index is 1.70. The van der Waals surface area contributed by atoms with Crippen LogP contribution >= 0.6 is 11.6 Å². The Morgan fingerprint density at radius 1 is 1.19 bits per heavy atom. The van der Waals surface area contributed by atoms with E-state index in [2.05, 4.69) is 24.3 Å². The molecule has 2 aromatic rings. The van der Waals surface area contributed by atoms with Gasteiger partial charge in [-0.05, 0) is 60.4 Å².